The second-order valence-corrected chi connectivity index (χ2v) is 5.02. The van der Waals surface area contributed by atoms with Crippen molar-refractivity contribution in [1.82, 2.24) is 0 Å². The standard InChI is InChI=1S/C15H26N2O3/c1-11(10-20-4)17(7-8-19-3)13-5-6-14(12(2)16)15(18)9-13/h5-6,9,11-12,18H,7-8,10,16H2,1-4H3. The molecule has 5 nitrogen and oxygen atoms in total. The van der Waals surface area contributed by atoms with Gasteiger partial charge in [-0.3, -0.25) is 0 Å². The molecule has 0 heterocycles. The summed E-state index contributed by atoms with van der Waals surface area (Å²) in [5, 5.41) is 10.1. The van der Waals surface area contributed by atoms with E-state index < -0.39 is 0 Å². The second kappa shape index (κ2) is 8.09. The maximum absolute atomic E-state index is 10.1. The summed E-state index contributed by atoms with van der Waals surface area (Å²) in [7, 11) is 3.36. The number of rotatable bonds is 8. The van der Waals surface area contributed by atoms with Crippen LogP contribution in [0.5, 0.6) is 5.75 Å². The molecule has 0 fully saturated rings. The molecule has 1 rings (SSSR count). The molecule has 2 unspecified atom stereocenters. The molecule has 20 heavy (non-hydrogen) atoms. The molecule has 0 aliphatic heterocycles. The van der Waals surface area contributed by atoms with E-state index in [-0.39, 0.29) is 17.8 Å². The maximum Gasteiger partial charge on any atom is 0.122 e. The summed E-state index contributed by atoms with van der Waals surface area (Å²) in [6, 6.07) is 5.60. The molecule has 0 amide bonds. The minimum absolute atomic E-state index is 0.187. The van der Waals surface area contributed by atoms with Gasteiger partial charge in [0.05, 0.1) is 13.2 Å². The highest BCUT2D eigenvalue weighted by molar-refractivity contribution is 5.54. The molecular formula is C15H26N2O3. The fraction of sp³-hybridized carbons (Fsp3) is 0.600. The van der Waals surface area contributed by atoms with Gasteiger partial charge in [0.25, 0.3) is 0 Å². The predicted molar refractivity (Wildman–Crippen MR) is 81.3 cm³/mol. The van der Waals surface area contributed by atoms with Gasteiger partial charge in [-0.1, -0.05) is 6.07 Å². The van der Waals surface area contributed by atoms with Crippen molar-refractivity contribution in [2.24, 2.45) is 5.73 Å². The van der Waals surface area contributed by atoms with Crippen LogP contribution >= 0.6 is 0 Å². The number of methoxy groups -OCH3 is 2. The summed E-state index contributed by atoms with van der Waals surface area (Å²) in [4.78, 5) is 2.15. The van der Waals surface area contributed by atoms with Gasteiger partial charge in [0.1, 0.15) is 5.75 Å². The number of hydrogen-bond donors (Lipinski definition) is 2. The molecule has 1 aromatic rings. The third kappa shape index (κ3) is 4.37. The van der Waals surface area contributed by atoms with Crippen molar-refractivity contribution in [3.8, 4) is 5.75 Å². The lowest BCUT2D eigenvalue weighted by Gasteiger charge is -2.31. The minimum Gasteiger partial charge on any atom is -0.508 e. The van der Waals surface area contributed by atoms with Gasteiger partial charge in [0.15, 0.2) is 0 Å². The van der Waals surface area contributed by atoms with Crippen LogP contribution in [-0.4, -0.2) is 45.1 Å². The van der Waals surface area contributed by atoms with Crippen LogP contribution in [0.25, 0.3) is 0 Å². The Morgan fingerprint density at radius 2 is 1.95 bits per heavy atom. The van der Waals surface area contributed by atoms with Crippen LogP contribution in [0.1, 0.15) is 25.5 Å². The maximum atomic E-state index is 10.1. The Balaban J connectivity index is 2.97. The summed E-state index contributed by atoms with van der Waals surface area (Å²) in [6.45, 7) is 5.89. The number of phenolic OH excluding ortho intramolecular Hbond substituents is 1. The van der Waals surface area contributed by atoms with Crippen molar-refractivity contribution >= 4 is 5.69 Å². The van der Waals surface area contributed by atoms with Gasteiger partial charge in [0, 0.05) is 50.2 Å². The molecule has 0 saturated heterocycles. The first-order valence-electron chi connectivity index (χ1n) is 6.84. The fourth-order valence-electron chi connectivity index (χ4n) is 2.22. The molecule has 5 heteroatoms. The SMILES string of the molecule is COCCN(c1ccc(C(C)N)c(O)c1)C(C)COC. The lowest BCUT2D eigenvalue weighted by atomic mass is 10.1. The average Bonchev–Trinajstić information content (AvgIpc) is 2.39. The van der Waals surface area contributed by atoms with Crippen molar-refractivity contribution in [3.05, 3.63) is 23.8 Å². The molecule has 0 bridgehead atoms. The number of phenols is 1. The molecule has 0 aliphatic rings. The van der Waals surface area contributed by atoms with Crippen LogP contribution in [0.2, 0.25) is 0 Å². The van der Waals surface area contributed by atoms with E-state index in [2.05, 4.69) is 11.8 Å². The number of ether oxygens (including phenoxy) is 2. The molecule has 0 aliphatic carbocycles. The van der Waals surface area contributed by atoms with Crippen LogP contribution in [-0.2, 0) is 9.47 Å². The van der Waals surface area contributed by atoms with Crippen LogP contribution in [0, 0.1) is 0 Å². The van der Waals surface area contributed by atoms with Gasteiger partial charge in [-0.05, 0) is 19.9 Å². The largest absolute Gasteiger partial charge is 0.508 e. The van der Waals surface area contributed by atoms with Crippen molar-refractivity contribution in [2.45, 2.75) is 25.9 Å². The lowest BCUT2D eigenvalue weighted by molar-refractivity contribution is 0.171. The summed E-state index contributed by atoms with van der Waals surface area (Å²) in [5.41, 5.74) is 7.50. The van der Waals surface area contributed by atoms with E-state index in [1.807, 2.05) is 19.1 Å². The van der Waals surface area contributed by atoms with Gasteiger partial charge in [-0.25, -0.2) is 0 Å². The molecule has 3 N–H and O–H groups in total. The number of hydrogen-bond acceptors (Lipinski definition) is 5. The second-order valence-electron chi connectivity index (χ2n) is 5.02. The highest BCUT2D eigenvalue weighted by atomic mass is 16.5. The van der Waals surface area contributed by atoms with E-state index in [9.17, 15) is 5.11 Å². The fourth-order valence-corrected chi connectivity index (χ4v) is 2.22. The smallest absolute Gasteiger partial charge is 0.122 e. The number of anilines is 1. The van der Waals surface area contributed by atoms with E-state index in [1.165, 1.54) is 0 Å². The average molecular weight is 282 g/mol. The molecule has 114 valence electrons. The first kappa shape index (κ1) is 16.8. The van der Waals surface area contributed by atoms with E-state index in [4.69, 9.17) is 15.2 Å². The monoisotopic (exact) mass is 282 g/mol. The number of aromatic hydroxyl groups is 1. The van der Waals surface area contributed by atoms with Gasteiger partial charge in [-0.2, -0.15) is 0 Å². The summed E-state index contributed by atoms with van der Waals surface area (Å²) in [5.74, 6) is 0.226. The summed E-state index contributed by atoms with van der Waals surface area (Å²) >= 11 is 0. The Morgan fingerprint density at radius 3 is 2.45 bits per heavy atom. The van der Waals surface area contributed by atoms with Crippen LogP contribution in [0.4, 0.5) is 5.69 Å². The molecule has 0 aromatic heterocycles. The van der Waals surface area contributed by atoms with Crippen LogP contribution in [0.15, 0.2) is 18.2 Å². The van der Waals surface area contributed by atoms with E-state index in [1.54, 1.807) is 20.3 Å². The van der Waals surface area contributed by atoms with Gasteiger partial charge in [0.2, 0.25) is 0 Å². The summed E-state index contributed by atoms with van der Waals surface area (Å²) < 4.78 is 10.4. The molecule has 0 spiro atoms. The Labute approximate surface area is 121 Å². The van der Waals surface area contributed by atoms with E-state index in [0.717, 1.165) is 17.8 Å². The highest BCUT2D eigenvalue weighted by Gasteiger charge is 2.16. The normalized spacial score (nSPS) is 14.1. The highest BCUT2D eigenvalue weighted by Crippen LogP contribution is 2.29. The van der Waals surface area contributed by atoms with Gasteiger partial charge < -0.3 is 25.2 Å². The molecule has 1 aromatic carbocycles. The van der Waals surface area contributed by atoms with Crippen molar-refractivity contribution < 1.29 is 14.6 Å². The molecular weight excluding hydrogens is 256 g/mol. The zero-order valence-corrected chi connectivity index (χ0v) is 12.8. The number of benzene rings is 1. The Morgan fingerprint density at radius 1 is 1.25 bits per heavy atom. The quantitative estimate of drug-likeness (QED) is 0.762. The zero-order chi connectivity index (χ0) is 15.1. The zero-order valence-electron chi connectivity index (χ0n) is 12.8. The number of nitrogens with two attached hydrogens (primary N) is 1. The van der Waals surface area contributed by atoms with Crippen molar-refractivity contribution in [2.75, 3.05) is 38.9 Å². The number of nitrogens with zero attached hydrogens (tertiary/aromatic N) is 1. The van der Waals surface area contributed by atoms with Crippen LogP contribution in [0.3, 0.4) is 0 Å². The third-order valence-corrected chi connectivity index (χ3v) is 3.31. The molecule has 0 saturated carbocycles. The molecule has 2 atom stereocenters. The molecule has 0 radical (unpaired) electrons. The Hall–Kier alpha value is -1.30. The Bertz CT molecular complexity index is 410. The first-order valence-corrected chi connectivity index (χ1v) is 6.84. The Kier molecular flexibility index (Phi) is 6.78. The van der Waals surface area contributed by atoms with Crippen LogP contribution < -0.4 is 10.6 Å². The third-order valence-electron chi connectivity index (χ3n) is 3.31. The van der Waals surface area contributed by atoms with E-state index >= 15 is 0 Å². The topological polar surface area (TPSA) is 68.0 Å². The predicted octanol–water partition coefficient (Wildman–Crippen LogP) is 1.90. The van der Waals surface area contributed by atoms with Crippen molar-refractivity contribution in [1.29, 1.82) is 0 Å². The first-order chi connectivity index (χ1) is 9.51. The van der Waals surface area contributed by atoms with E-state index in [0.29, 0.717) is 13.2 Å². The van der Waals surface area contributed by atoms with Gasteiger partial charge in [-0.15, -0.1) is 0 Å². The summed E-state index contributed by atoms with van der Waals surface area (Å²) in [6.07, 6.45) is 0. The van der Waals surface area contributed by atoms with Crippen molar-refractivity contribution in [3.63, 3.8) is 0 Å². The van der Waals surface area contributed by atoms with Gasteiger partial charge >= 0.3 is 0 Å². The lowest BCUT2D eigenvalue weighted by Crippen LogP contribution is -2.38. The minimum atomic E-state index is -0.187.